The second-order valence-electron chi connectivity index (χ2n) is 5.61. The third-order valence-corrected chi connectivity index (χ3v) is 6.15. The highest BCUT2D eigenvalue weighted by Crippen LogP contribution is 2.37. The zero-order valence-electron chi connectivity index (χ0n) is 10.5. The molecule has 0 amide bonds. The highest BCUT2D eigenvalue weighted by molar-refractivity contribution is 7.91. The number of benzene rings is 1. The molecule has 1 saturated carbocycles. The van der Waals surface area contributed by atoms with Gasteiger partial charge in [-0.25, -0.2) is 8.42 Å². The zero-order valence-corrected chi connectivity index (χ0v) is 11.3. The molecule has 0 saturated heterocycles. The summed E-state index contributed by atoms with van der Waals surface area (Å²) in [4.78, 5) is 0.524. The topological polar surface area (TPSA) is 60.2 Å². The third-order valence-electron chi connectivity index (χ3n) is 4.36. The Morgan fingerprint density at radius 2 is 1.83 bits per heavy atom. The molecule has 0 atom stereocenters. The molecule has 1 fully saturated rings. The average Bonchev–Trinajstić information content (AvgIpc) is 2.66. The van der Waals surface area contributed by atoms with E-state index in [0.717, 1.165) is 36.8 Å². The van der Waals surface area contributed by atoms with E-state index < -0.39 is 9.84 Å². The zero-order chi connectivity index (χ0) is 12.8. The first-order valence-electron chi connectivity index (χ1n) is 6.66. The van der Waals surface area contributed by atoms with E-state index in [0.29, 0.717) is 11.3 Å². The van der Waals surface area contributed by atoms with E-state index in [-0.39, 0.29) is 11.3 Å². The molecule has 3 rings (SSSR count). The monoisotopic (exact) mass is 265 g/mol. The number of hydrogen-bond acceptors (Lipinski definition) is 3. The number of fused-ring (bicyclic) bond motifs is 1. The van der Waals surface area contributed by atoms with Gasteiger partial charge in [-0.1, -0.05) is 31.4 Å². The van der Waals surface area contributed by atoms with Crippen molar-refractivity contribution in [3.8, 4) is 0 Å². The summed E-state index contributed by atoms with van der Waals surface area (Å²) in [6.07, 6.45) is 6.09. The van der Waals surface area contributed by atoms with Gasteiger partial charge in [0.2, 0.25) is 0 Å². The first kappa shape index (κ1) is 12.2. The molecule has 1 aliphatic carbocycles. The first-order valence-corrected chi connectivity index (χ1v) is 8.32. The minimum atomic E-state index is -3.05. The first-order chi connectivity index (χ1) is 8.51. The lowest BCUT2D eigenvalue weighted by Crippen LogP contribution is -2.38. The third kappa shape index (κ3) is 1.88. The summed E-state index contributed by atoms with van der Waals surface area (Å²) in [6.45, 7) is 0. The van der Waals surface area contributed by atoms with Gasteiger partial charge in [0, 0.05) is 5.54 Å². The number of sulfone groups is 1. The van der Waals surface area contributed by atoms with Crippen LogP contribution in [-0.4, -0.2) is 14.2 Å². The molecular formula is C14H19NO2S. The van der Waals surface area contributed by atoms with Gasteiger partial charge in [0.1, 0.15) is 0 Å². The summed E-state index contributed by atoms with van der Waals surface area (Å²) < 4.78 is 23.9. The lowest BCUT2D eigenvalue weighted by molar-refractivity contribution is 0.302. The standard InChI is InChI=1S/C14H19NO2S/c15-14(7-2-1-3-8-14)12-5-4-11-6-9-18(16,17)13(11)10-12/h4-5,10H,1-3,6-9,15H2. The van der Waals surface area contributed by atoms with Crippen LogP contribution in [0.5, 0.6) is 0 Å². The number of rotatable bonds is 1. The van der Waals surface area contributed by atoms with Crippen LogP contribution in [-0.2, 0) is 21.8 Å². The Morgan fingerprint density at radius 3 is 2.56 bits per heavy atom. The van der Waals surface area contributed by atoms with Gasteiger partial charge in [0.25, 0.3) is 0 Å². The minimum Gasteiger partial charge on any atom is -0.321 e. The number of hydrogen-bond donors (Lipinski definition) is 1. The maximum atomic E-state index is 12.0. The van der Waals surface area contributed by atoms with Crippen LogP contribution >= 0.6 is 0 Å². The Balaban J connectivity index is 2.05. The molecule has 1 aromatic carbocycles. The van der Waals surface area contributed by atoms with Crippen LogP contribution in [0.1, 0.15) is 43.2 Å². The van der Waals surface area contributed by atoms with Gasteiger partial charge >= 0.3 is 0 Å². The smallest absolute Gasteiger partial charge is 0.178 e. The van der Waals surface area contributed by atoms with Crippen LogP contribution in [0.2, 0.25) is 0 Å². The summed E-state index contributed by atoms with van der Waals surface area (Å²) in [5.41, 5.74) is 8.12. The molecule has 1 aliphatic heterocycles. The molecule has 0 unspecified atom stereocenters. The predicted octanol–water partition coefficient (Wildman–Crippen LogP) is 2.13. The van der Waals surface area contributed by atoms with Crippen LogP contribution in [0.4, 0.5) is 0 Å². The highest BCUT2D eigenvalue weighted by atomic mass is 32.2. The van der Waals surface area contributed by atoms with Crippen LogP contribution < -0.4 is 5.73 Å². The van der Waals surface area contributed by atoms with Gasteiger partial charge in [-0.15, -0.1) is 0 Å². The van der Waals surface area contributed by atoms with E-state index in [1.165, 1.54) is 6.42 Å². The molecule has 0 bridgehead atoms. The van der Waals surface area contributed by atoms with Gasteiger partial charge in [0.05, 0.1) is 10.6 Å². The van der Waals surface area contributed by atoms with Gasteiger partial charge in [-0.05, 0) is 36.5 Å². The predicted molar refractivity (Wildman–Crippen MR) is 71.1 cm³/mol. The van der Waals surface area contributed by atoms with Gasteiger partial charge < -0.3 is 5.73 Å². The van der Waals surface area contributed by atoms with Crippen molar-refractivity contribution in [2.75, 3.05) is 5.75 Å². The second-order valence-corrected chi connectivity index (χ2v) is 7.69. The Labute approximate surface area is 108 Å². The van der Waals surface area contributed by atoms with E-state index in [1.54, 1.807) is 0 Å². The number of aryl methyl sites for hydroxylation is 1. The fourth-order valence-electron chi connectivity index (χ4n) is 3.19. The summed E-state index contributed by atoms with van der Waals surface area (Å²) in [7, 11) is -3.05. The van der Waals surface area contributed by atoms with E-state index >= 15 is 0 Å². The van der Waals surface area contributed by atoms with Crippen molar-refractivity contribution >= 4 is 9.84 Å². The Bertz CT molecular complexity index is 571. The van der Waals surface area contributed by atoms with Crippen molar-refractivity contribution in [3.05, 3.63) is 29.3 Å². The summed E-state index contributed by atoms with van der Waals surface area (Å²) in [5, 5.41) is 0. The van der Waals surface area contributed by atoms with E-state index in [9.17, 15) is 8.42 Å². The molecule has 4 heteroatoms. The summed E-state index contributed by atoms with van der Waals surface area (Å²) in [5.74, 6) is 0.253. The lowest BCUT2D eigenvalue weighted by Gasteiger charge is -2.34. The van der Waals surface area contributed by atoms with Crippen molar-refractivity contribution in [1.29, 1.82) is 0 Å². The van der Waals surface area contributed by atoms with Crippen molar-refractivity contribution < 1.29 is 8.42 Å². The molecule has 0 aromatic heterocycles. The normalized spacial score (nSPS) is 24.7. The van der Waals surface area contributed by atoms with E-state index in [1.807, 2.05) is 18.2 Å². The maximum Gasteiger partial charge on any atom is 0.178 e. The van der Waals surface area contributed by atoms with E-state index in [2.05, 4.69) is 0 Å². The van der Waals surface area contributed by atoms with Crippen LogP contribution in [0, 0.1) is 0 Å². The fourth-order valence-corrected chi connectivity index (χ4v) is 4.77. The molecular weight excluding hydrogens is 246 g/mol. The second kappa shape index (κ2) is 4.07. The fraction of sp³-hybridized carbons (Fsp3) is 0.571. The van der Waals surface area contributed by atoms with Gasteiger partial charge in [-0.2, -0.15) is 0 Å². The Kier molecular flexibility index (Phi) is 2.75. The van der Waals surface area contributed by atoms with Crippen molar-refractivity contribution in [2.24, 2.45) is 5.73 Å². The SMILES string of the molecule is NC1(c2ccc3c(c2)S(=O)(=O)CC3)CCCCC1. The van der Waals surface area contributed by atoms with Crippen LogP contribution in [0.3, 0.4) is 0 Å². The summed E-state index contributed by atoms with van der Waals surface area (Å²) >= 11 is 0. The van der Waals surface area contributed by atoms with Crippen LogP contribution in [0.25, 0.3) is 0 Å². The molecule has 2 aliphatic rings. The van der Waals surface area contributed by atoms with Gasteiger partial charge in [-0.3, -0.25) is 0 Å². The van der Waals surface area contributed by atoms with Gasteiger partial charge in [0.15, 0.2) is 9.84 Å². The molecule has 2 N–H and O–H groups in total. The molecule has 1 heterocycles. The largest absolute Gasteiger partial charge is 0.321 e. The molecule has 3 nitrogen and oxygen atoms in total. The Morgan fingerprint density at radius 1 is 1.11 bits per heavy atom. The molecule has 18 heavy (non-hydrogen) atoms. The quantitative estimate of drug-likeness (QED) is 0.846. The average molecular weight is 265 g/mol. The van der Waals surface area contributed by atoms with Crippen molar-refractivity contribution in [3.63, 3.8) is 0 Å². The van der Waals surface area contributed by atoms with Crippen molar-refractivity contribution in [2.45, 2.75) is 49.0 Å². The van der Waals surface area contributed by atoms with Crippen LogP contribution in [0.15, 0.2) is 23.1 Å². The van der Waals surface area contributed by atoms with E-state index in [4.69, 9.17) is 5.73 Å². The number of nitrogens with two attached hydrogens (primary N) is 1. The lowest BCUT2D eigenvalue weighted by atomic mass is 9.77. The highest BCUT2D eigenvalue weighted by Gasteiger charge is 2.33. The summed E-state index contributed by atoms with van der Waals surface area (Å²) in [6, 6.07) is 5.83. The Hall–Kier alpha value is -0.870. The molecule has 0 spiro atoms. The molecule has 0 radical (unpaired) electrons. The molecule has 1 aromatic rings. The van der Waals surface area contributed by atoms with Crippen molar-refractivity contribution in [1.82, 2.24) is 0 Å². The molecule has 98 valence electrons. The minimum absolute atomic E-state index is 0.253. The maximum absolute atomic E-state index is 12.0.